The van der Waals surface area contributed by atoms with E-state index in [9.17, 15) is 9.36 Å². The van der Waals surface area contributed by atoms with E-state index in [-0.39, 0.29) is 4.32 Å². The Hall–Kier alpha value is -1.60. The molecule has 7 nitrogen and oxygen atoms in total. The molecule has 1 saturated heterocycles. The van der Waals surface area contributed by atoms with Gasteiger partial charge in [0.15, 0.2) is 5.69 Å². The van der Waals surface area contributed by atoms with Crippen molar-refractivity contribution in [3.8, 4) is 0 Å². The third kappa shape index (κ3) is 4.29. The van der Waals surface area contributed by atoms with Crippen LogP contribution in [-0.2, 0) is 9.36 Å². The van der Waals surface area contributed by atoms with Gasteiger partial charge in [0, 0.05) is 17.1 Å². The summed E-state index contributed by atoms with van der Waals surface area (Å²) in [6, 6.07) is 5.50. The molecule has 11 heteroatoms. The fourth-order valence-corrected chi connectivity index (χ4v) is 5.71. The van der Waals surface area contributed by atoms with E-state index in [4.69, 9.17) is 28.6 Å². The lowest BCUT2D eigenvalue weighted by Crippen LogP contribution is -2.28. The highest BCUT2D eigenvalue weighted by Gasteiger charge is 2.36. The Morgan fingerprint density at radius 3 is 2.67 bits per heavy atom. The molecule has 0 aromatic heterocycles. The molecular formula is C16H14N3O4PS3. The lowest BCUT2D eigenvalue weighted by molar-refractivity contribution is -0.121. The molecule has 3 rings (SSSR count). The Kier molecular flexibility index (Phi) is 5.82. The van der Waals surface area contributed by atoms with Crippen LogP contribution in [0.15, 0.2) is 45.2 Å². The summed E-state index contributed by atoms with van der Waals surface area (Å²) in [6.45, 7) is 9.85. The molecule has 27 heavy (non-hydrogen) atoms. The van der Waals surface area contributed by atoms with E-state index in [1.165, 1.54) is 11.8 Å². The van der Waals surface area contributed by atoms with Crippen LogP contribution in [0.5, 0.6) is 0 Å². The van der Waals surface area contributed by atoms with E-state index in [2.05, 4.69) is 4.85 Å². The van der Waals surface area contributed by atoms with Crippen LogP contribution in [0.25, 0.3) is 4.85 Å². The number of hydrogen-bond donors (Lipinski definition) is 2. The maximum Gasteiger partial charge on any atom is 0.345 e. The van der Waals surface area contributed by atoms with Crippen LogP contribution in [0.4, 0.5) is 11.4 Å². The summed E-state index contributed by atoms with van der Waals surface area (Å²) in [4.78, 5) is 38.3. The lowest BCUT2D eigenvalue weighted by Gasteiger charge is -2.18. The monoisotopic (exact) mass is 439 g/mol. The number of thiocarbonyl (C=S) groups is 1. The van der Waals surface area contributed by atoms with Crippen LogP contribution >= 0.6 is 43.3 Å². The third-order valence-corrected chi connectivity index (χ3v) is 6.91. The molecule has 2 aliphatic rings. The molecule has 1 fully saturated rings. The van der Waals surface area contributed by atoms with E-state index < -0.39 is 19.8 Å². The van der Waals surface area contributed by atoms with Crippen molar-refractivity contribution in [1.82, 2.24) is 4.90 Å². The van der Waals surface area contributed by atoms with Crippen LogP contribution in [0.2, 0.25) is 0 Å². The highest BCUT2D eigenvalue weighted by atomic mass is 32.2. The van der Waals surface area contributed by atoms with Gasteiger partial charge < -0.3 is 14.7 Å². The molecule has 1 aromatic rings. The second-order valence-electron chi connectivity index (χ2n) is 5.55. The fourth-order valence-electron chi connectivity index (χ4n) is 2.58. The highest BCUT2D eigenvalue weighted by Crippen LogP contribution is 2.47. The molecular weight excluding hydrogens is 425 g/mol. The molecule has 0 aliphatic carbocycles. The Morgan fingerprint density at radius 1 is 1.30 bits per heavy atom. The number of carbonyl (C=O) groups is 1. The minimum Gasteiger partial charge on any atom is -0.336 e. The summed E-state index contributed by atoms with van der Waals surface area (Å²) in [5, 5.41) is 0.898. The SMILES string of the molecule is [C-]#[N+]c1ccc2c(c1)N(CC)/C(=C/C=C1/SC(=S)N(CP(=O)(O)O)C1=O)S2. The van der Waals surface area contributed by atoms with Gasteiger partial charge in [0.25, 0.3) is 5.91 Å². The molecule has 1 aromatic carbocycles. The number of rotatable bonds is 4. The maximum absolute atomic E-state index is 12.4. The highest BCUT2D eigenvalue weighted by molar-refractivity contribution is 8.26. The number of amides is 1. The zero-order valence-electron chi connectivity index (χ0n) is 14.0. The van der Waals surface area contributed by atoms with Gasteiger partial charge in [-0.1, -0.05) is 47.9 Å². The zero-order valence-corrected chi connectivity index (χ0v) is 17.4. The van der Waals surface area contributed by atoms with Crippen LogP contribution < -0.4 is 4.90 Å². The van der Waals surface area contributed by atoms with Crippen LogP contribution in [0, 0.1) is 6.57 Å². The molecule has 2 aliphatic heterocycles. The Labute approximate surface area is 170 Å². The smallest absolute Gasteiger partial charge is 0.336 e. The number of nitrogens with zero attached hydrogens (tertiary/aromatic N) is 3. The van der Waals surface area contributed by atoms with Gasteiger partial charge in [-0.3, -0.25) is 14.3 Å². The second kappa shape index (κ2) is 7.80. The number of benzene rings is 1. The first kappa shape index (κ1) is 20.1. The molecule has 2 N–H and O–H groups in total. The summed E-state index contributed by atoms with van der Waals surface area (Å²) >= 11 is 7.61. The summed E-state index contributed by atoms with van der Waals surface area (Å²) in [5.74, 6) is -0.510. The van der Waals surface area contributed by atoms with Crippen molar-refractivity contribution in [3.05, 3.63) is 51.7 Å². The number of carbonyl (C=O) groups excluding carboxylic acids is 1. The molecule has 0 unspecified atom stereocenters. The van der Waals surface area contributed by atoms with Crippen LogP contribution in [0.3, 0.4) is 0 Å². The maximum atomic E-state index is 12.4. The molecule has 1 amide bonds. The minimum absolute atomic E-state index is 0.129. The summed E-state index contributed by atoms with van der Waals surface area (Å²) in [6.07, 6.45) is 2.69. The van der Waals surface area contributed by atoms with E-state index in [0.29, 0.717) is 17.1 Å². The molecule has 0 atom stereocenters. The predicted octanol–water partition coefficient (Wildman–Crippen LogP) is 3.89. The van der Waals surface area contributed by atoms with Crippen molar-refractivity contribution in [1.29, 1.82) is 0 Å². The Balaban J connectivity index is 1.85. The van der Waals surface area contributed by atoms with Crippen molar-refractivity contribution in [2.24, 2.45) is 0 Å². The lowest BCUT2D eigenvalue weighted by atomic mass is 10.2. The van der Waals surface area contributed by atoms with E-state index in [0.717, 1.165) is 32.3 Å². The summed E-state index contributed by atoms with van der Waals surface area (Å²) in [5.41, 5.74) is 1.51. The first-order chi connectivity index (χ1) is 12.7. The van der Waals surface area contributed by atoms with Crippen molar-refractivity contribution in [2.45, 2.75) is 11.8 Å². The number of allylic oxidation sites excluding steroid dienone is 2. The standard InChI is InChI=1S/C16H14N3O4PS3/c1-3-18-11-8-10(17-2)4-5-12(11)26-14(18)7-6-13-15(20)19(16(25)27-13)9-24(21,22)23/h4-8H,3,9H2,1H3,(H2,21,22,23)/b13-6+,14-7-. The van der Waals surface area contributed by atoms with Gasteiger partial charge in [-0.25, -0.2) is 4.85 Å². The van der Waals surface area contributed by atoms with Crippen molar-refractivity contribution < 1.29 is 19.1 Å². The van der Waals surface area contributed by atoms with Crippen molar-refractivity contribution in [3.63, 3.8) is 0 Å². The van der Waals surface area contributed by atoms with E-state index in [1.54, 1.807) is 18.2 Å². The Morgan fingerprint density at radius 2 is 2.04 bits per heavy atom. The van der Waals surface area contributed by atoms with Crippen molar-refractivity contribution in [2.75, 3.05) is 17.7 Å². The number of hydrogen-bond acceptors (Lipinski definition) is 6. The van der Waals surface area contributed by atoms with Gasteiger partial charge in [-0.15, -0.1) is 0 Å². The molecule has 0 radical (unpaired) electrons. The second-order valence-corrected chi connectivity index (χ2v) is 9.90. The summed E-state index contributed by atoms with van der Waals surface area (Å²) in [7, 11) is -4.39. The van der Waals surface area contributed by atoms with Gasteiger partial charge in [0.05, 0.1) is 16.5 Å². The van der Waals surface area contributed by atoms with Crippen molar-refractivity contribution >= 4 is 64.9 Å². The minimum atomic E-state index is -4.39. The number of fused-ring (bicyclic) bond motifs is 1. The third-order valence-electron chi connectivity index (χ3n) is 3.74. The molecule has 2 heterocycles. The average molecular weight is 439 g/mol. The normalized spacial score (nSPS) is 19.9. The number of anilines is 1. The van der Waals surface area contributed by atoms with Crippen LogP contribution in [-0.4, -0.2) is 37.7 Å². The quantitative estimate of drug-likeness (QED) is 0.316. The molecule has 0 spiro atoms. The first-order valence-corrected chi connectivity index (χ1v) is 11.5. The van der Waals surface area contributed by atoms with Gasteiger partial charge in [0.1, 0.15) is 10.6 Å². The Bertz CT molecular complexity index is 980. The van der Waals surface area contributed by atoms with Gasteiger partial charge in [0.2, 0.25) is 0 Å². The van der Waals surface area contributed by atoms with E-state index in [1.807, 2.05) is 24.0 Å². The van der Waals surface area contributed by atoms with Crippen LogP contribution in [0.1, 0.15) is 6.92 Å². The molecule has 140 valence electrons. The fraction of sp³-hybridized carbons (Fsp3) is 0.188. The van der Waals surface area contributed by atoms with E-state index >= 15 is 0 Å². The predicted molar refractivity (Wildman–Crippen MR) is 112 cm³/mol. The zero-order chi connectivity index (χ0) is 19.8. The van der Waals surface area contributed by atoms with Gasteiger partial charge in [-0.05, 0) is 25.1 Å². The number of thioether (sulfide) groups is 2. The topological polar surface area (TPSA) is 85.4 Å². The summed E-state index contributed by atoms with van der Waals surface area (Å²) < 4.78 is 11.3. The first-order valence-electron chi connectivity index (χ1n) is 7.70. The van der Waals surface area contributed by atoms with Gasteiger partial charge >= 0.3 is 7.60 Å². The molecule has 0 saturated carbocycles. The molecule has 0 bridgehead atoms. The largest absolute Gasteiger partial charge is 0.345 e. The van der Waals surface area contributed by atoms with Gasteiger partial charge in [-0.2, -0.15) is 0 Å². The average Bonchev–Trinajstić information content (AvgIpc) is 3.09.